The van der Waals surface area contributed by atoms with Crippen molar-refractivity contribution in [3.05, 3.63) is 70.9 Å². The normalized spacial score (nSPS) is 16.9. The molecule has 0 radical (unpaired) electrons. The van der Waals surface area contributed by atoms with E-state index in [1.54, 1.807) is 12.1 Å². The largest absolute Gasteiger partial charge is 0.371 e. The molecule has 1 unspecified atom stereocenters. The van der Waals surface area contributed by atoms with Crippen LogP contribution in [-0.2, 0) is 4.74 Å². The summed E-state index contributed by atoms with van der Waals surface area (Å²) in [6, 6.07) is 16.7. The van der Waals surface area contributed by atoms with Gasteiger partial charge in [-0.3, -0.25) is 9.89 Å². The van der Waals surface area contributed by atoms with Crippen molar-refractivity contribution in [1.29, 1.82) is 0 Å². The van der Waals surface area contributed by atoms with Crippen LogP contribution in [0.1, 0.15) is 22.2 Å². The molecular weight excluding hydrogens is 364 g/mol. The second-order valence-corrected chi connectivity index (χ2v) is 6.69. The number of aromatic nitrogens is 2. The summed E-state index contributed by atoms with van der Waals surface area (Å²) in [6.07, 6.45) is 0.0503. The number of aromatic amines is 1. The van der Waals surface area contributed by atoms with Gasteiger partial charge in [0.15, 0.2) is 0 Å². The predicted molar refractivity (Wildman–Crippen MR) is 105 cm³/mol. The number of carbonyl (C=O) groups is 1. The van der Waals surface area contributed by atoms with Gasteiger partial charge in [-0.05, 0) is 29.8 Å². The molecule has 1 atom stereocenters. The number of nitrogens with one attached hydrogen (secondary N) is 3. The molecule has 3 N–H and O–H groups in total. The van der Waals surface area contributed by atoms with Crippen LogP contribution in [0.4, 0.5) is 5.69 Å². The lowest BCUT2D eigenvalue weighted by molar-refractivity contribution is 0.0277. The molecule has 3 aromatic rings. The Morgan fingerprint density at radius 3 is 2.74 bits per heavy atom. The number of carbonyl (C=O) groups excluding carboxylic acids is 1. The topological polar surface area (TPSA) is 79.0 Å². The van der Waals surface area contributed by atoms with Crippen molar-refractivity contribution in [2.24, 2.45) is 0 Å². The number of benzene rings is 2. The number of H-pyrrole nitrogens is 1. The van der Waals surface area contributed by atoms with Crippen molar-refractivity contribution in [2.45, 2.75) is 6.10 Å². The van der Waals surface area contributed by atoms with Crippen LogP contribution < -0.4 is 10.6 Å². The van der Waals surface area contributed by atoms with Crippen LogP contribution in [0, 0.1) is 0 Å². The molecule has 1 fully saturated rings. The average Bonchev–Trinajstić information content (AvgIpc) is 3.20. The number of halogens is 1. The molecule has 0 bridgehead atoms. The van der Waals surface area contributed by atoms with E-state index in [0.29, 0.717) is 28.7 Å². The van der Waals surface area contributed by atoms with Crippen molar-refractivity contribution >= 4 is 23.2 Å². The van der Waals surface area contributed by atoms with Crippen LogP contribution in [0.25, 0.3) is 11.3 Å². The highest BCUT2D eigenvalue weighted by atomic mass is 35.5. The molecule has 1 amide bonds. The molecule has 0 spiro atoms. The lowest BCUT2D eigenvalue weighted by Crippen LogP contribution is -2.33. The molecule has 1 aliphatic rings. The maximum Gasteiger partial charge on any atom is 0.273 e. The highest BCUT2D eigenvalue weighted by Crippen LogP contribution is 2.26. The molecule has 2 aromatic carbocycles. The van der Waals surface area contributed by atoms with E-state index < -0.39 is 0 Å². The molecule has 27 heavy (non-hydrogen) atoms. The number of morpholine rings is 1. The smallest absolute Gasteiger partial charge is 0.273 e. The second kappa shape index (κ2) is 7.92. The minimum absolute atomic E-state index is 0.0503. The number of nitrogens with zero attached hydrogens (tertiary/aromatic N) is 1. The number of amides is 1. The Labute approximate surface area is 161 Å². The number of ether oxygens (including phenoxy) is 1. The summed E-state index contributed by atoms with van der Waals surface area (Å²) in [6.45, 7) is 2.38. The third-order valence-corrected chi connectivity index (χ3v) is 4.77. The zero-order valence-electron chi connectivity index (χ0n) is 14.5. The van der Waals surface area contributed by atoms with E-state index in [1.807, 2.05) is 42.5 Å². The van der Waals surface area contributed by atoms with Gasteiger partial charge in [-0.1, -0.05) is 41.9 Å². The van der Waals surface area contributed by atoms with Crippen LogP contribution in [-0.4, -0.2) is 35.8 Å². The molecular formula is C20H19ClN4O2. The number of anilines is 1. The van der Waals surface area contributed by atoms with Gasteiger partial charge in [0.1, 0.15) is 5.69 Å². The summed E-state index contributed by atoms with van der Waals surface area (Å²) in [4.78, 5) is 12.5. The number of rotatable bonds is 4. The Morgan fingerprint density at radius 1 is 1.19 bits per heavy atom. The molecule has 1 aliphatic heterocycles. The third-order valence-electron chi connectivity index (χ3n) is 4.44. The van der Waals surface area contributed by atoms with Crippen LogP contribution in [0.5, 0.6) is 0 Å². The van der Waals surface area contributed by atoms with Crippen LogP contribution in [0.2, 0.25) is 5.02 Å². The lowest BCUT2D eigenvalue weighted by Gasteiger charge is -2.24. The van der Waals surface area contributed by atoms with Gasteiger partial charge in [-0.25, -0.2) is 0 Å². The molecule has 7 heteroatoms. The fraction of sp³-hybridized carbons (Fsp3) is 0.200. The van der Waals surface area contributed by atoms with Gasteiger partial charge < -0.3 is 15.4 Å². The van der Waals surface area contributed by atoms with Gasteiger partial charge >= 0.3 is 0 Å². The molecule has 4 rings (SSSR count). The van der Waals surface area contributed by atoms with Crippen molar-refractivity contribution in [1.82, 2.24) is 15.5 Å². The first-order chi connectivity index (χ1) is 13.2. The first-order valence-electron chi connectivity index (χ1n) is 8.74. The summed E-state index contributed by atoms with van der Waals surface area (Å²) in [5.74, 6) is -0.260. The minimum atomic E-state index is -0.260. The SMILES string of the molecule is O=C(Nc1ccc(C2CNCCO2)cc1)c1cc(-c2ccccc2Cl)n[nH]1. The van der Waals surface area contributed by atoms with E-state index in [4.69, 9.17) is 16.3 Å². The summed E-state index contributed by atoms with van der Waals surface area (Å²) in [5.41, 5.74) is 3.57. The highest BCUT2D eigenvalue weighted by molar-refractivity contribution is 6.33. The van der Waals surface area contributed by atoms with Crippen molar-refractivity contribution in [2.75, 3.05) is 25.0 Å². The van der Waals surface area contributed by atoms with E-state index in [9.17, 15) is 4.79 Å². The molecule has 2 heterocycles. The Balaban J connectivity index is 1.44. The monoisotopic (exact) mass is 382 g/mol. The Kier molecular flexibility index (Phi) is 5.20. The maximum absolute atomic E-state index is 12.5. The van der Waals surface area contributed by atoms with E-state index in [-0.39, 0.29) is 12.0 Å². The zero-order chi connectivity index (χ0) is 18.6. The van der Waals surface area contributed by atoms with Crippen molar-refractivity contribution in [3.63, 3.8) is 0 Å². The molecule has 0 aliphatic carbocycles. The van der Waals surface area contributed by atoms with Crippen LogP contribution in [0.15, 0.2) is 54.6 Å². The van der Waals surface area contributed by atoms with Gasteiger partial charge in [0.2, 0.25) is 0 Å². The fourth-order valence-corrected chi connectivity index (χ4v) is 3.24. The minimum Gasteiger partial charge on any atom is -0.371 e. The molecule has 6 nitrogen and oxygen atoms in total. The van der Waals surface area contributed by atoms with Gasteiger partial charge in [0.05, 0.1) is 23.4 Å². The standard InChI is InChI=1S/C20H19ClN4O2/c21-16-4-2-1-3-15(16)17-11-18(25-24-17)20(26)23-14-7-5-13(6-8-14)19-12-22-9-10-27-19/h1-8,11,19,22H,9-10,12H2,(H,23,26)(H,24,25). The van der Waals surface area contributed by atoms with E-state index >= 15 is 0 Å². The Morgan fingerprint density at radius 2 is 2.00 bits per heavy atom. The van der Waals surface area contributed by atoms with Gasteiger partial charge in [0.25, 0.3) is 5.91 Å². The fourth-order valence-electron chi connectivity index (χ4n) is 3.00. The van der Waals surface area contributed by atoms with Crippen molar-refractivity contribution < 1.29 is 9.53 Å². The summed E-state index contributed by atoms with van der Waals surface area (Å²) >= 11 is 6.19. The highest BCUT2D eigenvalue weighted by Gasteiger charge is 2.16. The van der Waals surface area contributed by atoms with Crippen LogP contribution in [0.3, 0.4) is 0 Å². The molecule has 138 valence electrons. The average molecular weight is 383 g/mol. The second-order valence-electron chi connectivity index (χ2n) is 6.29. The summed E-state index contributed by atoms with van der Waals surface area (Å²) in [5, 5.41) is 13.7. The molecule has 1 aromatic heterocycles. The summed E-state index contributed by atoms with van der Waals surface area (Å²) in [7, 11) is 0. The zero-order valence-corrected chi connectivity index (χ0v) is 15.3. The Hall–Kier alpha value is -2.67. The van der Waals surface area contributed by atoms with Crippen molar-refractivity contribution in [3.8, 4) is 11.3 Å². The quantitative estimate of drug-likeness (QED) is 0.643. The van der Waals surface area contributed by atoms with E-state index in [0.717, 1.165) is 24.2 Å². The van der Waals surface area contributed by atoms with Gasteiger partial charge in [-0.2, -0.15) is 5.10 Å². The molecule has 0 saturated carbocycles. The maximum atomic E-state index is 12.5. The van der Waals surface area contributed by atoms with E-state index in [1.165, 1.54) is 0 Å². The first-order valence-corrected chi connectivity index (χ1v) is 9.12. The predicted octanol–water partition coefficient (Wildman–Crippen LogP) is 3.64. The first kappa shape index (κ1) is 17.7. The lowest BCUT2D eigenvalue weighted by atomic mass is 10.1. The van der Waals surface area contributed by atoms with Gasteiger partial charge in [0, 0.05) is 24.3 Å². The molecule has 1 saturated heterocycles. The van der Waals surface area contributed by atoms with Gasteiger partial charge in [-0.15, -0.1) is 0 Å². The number of hydrogen-bond acceptors (Lipinski definition) is 4. The summed E-state index contributed by atoms with van der Waals surface area (Å²) < 4.78 is 5.73. The number of hydrogen-bond donors (Lipinski definition) is 3. The van der Waals surface area contributed by atoms with E-state index in [2.05, 4.69) is 20.8 Å². The Bertz CT molecular complexity index is 933. The van der Waals surface area contributed by atoms with Crippen LogP contribution >= 0.6 is 11.6 Å². The third kappa shape index (κ3) is 4.03.